The molecule has 0 aliphatic rings. The molecule has 0 amide bonds. The van der Waals surface area contributed by atoms with Gasteiger partial charge in [0.2, 0.25) is 5.88 Å². The Bertz CT molecular complexity index is 579. The van der Waals surface area contributed by atoms with Gasteiger partial charge < -0.3 is 4.74 Å². The molecular formula is C13H13Cl2N3O. The van der Waals surface area contributed by atoms with Crippen LogP contribution in [0.15, 0.2) is 18.2 Å². The van der Waals surface area contributed by atoms with Crippen LogP contribution in [0.5, 0.6) is 5.88 Å². The molecule has 0 N–H and O–H groups in total. The highest BCUT2D eigenvalue weighted by atomic mass is 35.5. The largest absolute Gasteiger partial charge is 0.481 e. The van der Waals surface area contributed by atoms with E-state index in [-0.39, 0.29) is 5.92 Å². The zero-order valence-electron chi connectivity index (χ0n) is 10.8. The van der Waals surface area contributed by atoms with Crippen LogP contribution in [-0.2, 0) is 0 Å². The van der Waals surface area contributed by atoms with E-state index < -0.39 is 0 Å². The fraction of sp³-hybridized carbons (Fsp3) is 0.308. The molecule has 0 aromatic carbocycles. The summed E-state index contributed by atoms with van der Waals surface area (Å²) in [5.41, 5.74) is 1.31. The van der Waals surface area contributed by atoms with Crippen LogP contribution in [-0.4, -0.2) is 22.1 Å². The molecule has 100 valence electrons. The molecule has 2 heterocycles. The predicted molar refractivity (Wildman–Crippen MR) is 75.9 cm³/mol. The average Bonchev–Trinajstić information content (AvgIpc) is 2.37. The predicted octanol–water partition coefficient (Wildman–Crippen LogP) is 3.98. The van der Waals surface area contributed by atoms with E-state index in [1.165, 1.54) is 0 Å². The molecule has 0 spiro atoms. The lowest BCUT2D eigenvalue weighted by Gasteiger charge is -2.10. The van der Waals surface area contributed by atoms with Crippen molar-refractivity contribution in [3.8, 4) is 17.4 Å². The lowest BCUT2D eigenvalue weighted by molar-refractivity contribution is 0.398. The number of aromatic nitrogens is 3. The third-order valence-electron chi connectivity index (χ3n) is 2.59. The molecule has 0 saturated heterocycles. The van der Waals surface area contributed by atoms with Crippen molar-refractivity contribution in [1.82, 2.24) is 15.0 Å². The molecule has 2 aromatic heterocycles. The molecule has 0 aliphatic carbocycles. The number of nitrogens with zero attached hydrogens (tertiary/aromatic N) is 3. The van der Waals surface area contributed by atoms with Crippen molar-refractivity contribution in [2.45, 2.75) is 19.8 Å². The first-order chi connectivity index (χ1) is 9.02. The van der Waals surface area contributed by atoms with Crippen molar-refractivity contribution in [2.24, 2.45) is 0 Å². The molecule has 0 unspecified atom stereocenters. The van der Waals surface area contributed by atoms with E-state index in [2.05, 4.69) is 15.0 Å². The van der Waals surface area contributed by atoms with Gasteiger partial charge in [-0.15, -0.1) is 0 Å². The smallest absolute Gasteiger partial charge is 0.213 e. The van der Waals surface area contributed by atoms with Crippen LogP contribution >= 0.6 is 23.2 Å². The van der Waals surface area contributed by atoms with Crippen LogP contribution < -0.4 is 4.74 Å². The first-order valence-electron chi connectivity index (χ1n) is 5.77. The van der Waals surface area contributed by atoms with E-state index in [1.807, 2.05) is 19.9 Å². The fourth-order valence-corrected chi connectivity index (χ4v) is 2.48. The van der Waals surface area contributed by atoms with Crippen LogP contribution in [0, 0.1) is 0 Å². The van der Waals surface area contributed by atoms with E-state index in [0.29, 0.717) is 27.7 Å². The number of pyridine rings is 1. The standard InChI is InChI=1S/C13H13Cl2N3O/c1-7(2)10-11(14)17-13(18-12(10)15)8-5-4-6-9(16-8)19-3/h4-7H,1-3H3. The van der Waals surface area contributed by atoms with Crippen molar-refractivity contribution in [1.29, 1.82) is 0 Å². The highest BCUT2D eigenvalue weighted by Gasteiger charge is 2.16. The average molecular weight is 298 g/mol. The molecule has 2 rings (SSSR count). The van der Waals surface area contributed by atoms with E-state index in [4.69, 9.17) is 27.9 Å². The summed E-state index contributed by atoms with van der Waals surface area (Å²) in [5.74, 6) is 1.03. The minimum absolute atomic E-state index is 0.160. The fourth-order valence-electron chi connectivity index (χ4n) is 1.66. The summed E-state index contributed by atoms with van der Waals surface area (Å²) in [4.78, 5) is 12.8. The highest BCUT2D eigenvalue weighted by molar-refractivity contribution is 6.34. The molecule has 6 heteroatoms. The SMILES string of the molecule is COc1cccc(-c2nc(Cl)c(C(C)C)c(Cl)n2)n1. The van der Waals surface area contributed by atoms with Gasteiger partial charge in [0.05, 0.1) is 7.11 Å². The summed E-state index contributed by atoms with van der Waals surface area (Å²) >= 11 is 12.3. The number of halogens is 2. The lowest BCUT2D eigenvalue weighted by atomic mass is 10.1. The highest BCUT2D eigenvalue weighted by Crippen LogP contribution is 2.30. The Balaban J connectivity index is 2.52. The Labute approximate surface area is 121 Å². The van der Waals surface area contributed by atoms with Crippen molar-refractivity contribution >= 4 is 23.2 Å². The van der Waals surface area contributed by atoms with Gasteiger partial charge in [0, 0.05) is 11.6 Å². The van der Waals surface area contributed by atoms with Gasteiger partial charge in [-0.1, -0.05) is 43.1 Å². The van der Waals surface area contributed by atoms with Gasteiger partial charge in [-0.2, -0.15) is 0 Å². The Hall–Kier alpha value is -1.39. The molecular weight excluding hydrogens is 285 g/mol. The molecule has 2 aromatic rings. The molecule has 0 aliphatic heterocycles. The molecule has 0 saturated carbocycles. The normalized spacial score (nSPS) is 10.8. The minimum Gasteiger partial charge on any atom is -0.481 e. The minimum atomic E-state index is 0.160. The van der Waals surface area contributed by atoms with Crippen molar-refractivity contribution in [3.63, 3.8) is 0 Å². The van der Waals surface area contributed by atoms with Gasteiger partial charge in [0.1, 0.15) is 16.0 Å². The summed E-state index contributed by atoms with van der Waals surface area (Å²) in [6.07, 6.45) is 0. The van der Waals surface area contributed by atoms with E-state index in [0.717, 1.165) is 5.56 Å². The summed E-state index contributed by atoms with van der Waals surface area (Å²) < 4.78 is 5.07. The summed E-state index contributed by atoms with van der Waals surface area (Å²) in [7, 11) is 1.55. The van der Waals surface area contributed by atoms with E-state index in [9.17, 15) is 0 Å². The first kappa shape index (κ1) is 14.0. The van der Waals surface area contributed by atoms with Crippen LogP contribution in [0.25, 0.3) is 11.5 Å². The maximum atomic E-state index is 6.16. The number of hydrogen-bond donors (Lipinski definition) is 0. The van der Waals surface area contributed by atoms with Gasteiger partial charge >= 0.3 is 0 Å². The maximum absolute atomic E-state index is 6.16. The number of methoxy groups -OCH3 is 1. The number of rotatable bonds is 3. The van der Waals surface area contributed by atoms with Gasteiger partial charge in [-0.05, 0) is 12.0 Å². The van der Waals surface area contributed by atoms with Gasteiger partial charge in [0.15, 0.2) is 5.82 Å². The van der Waals surface area contributed by atoms with Crippen molar-refractivity contribution in [2.75, 3.05) is 7.11 Å². The van der Waals surface area contributed by atoms with Crippen molar-refractivity contribution < 1.29 is 4.74 Å². The van der Waals surface area contributed by atoms with Crippen LogP contribution in [0.1, 0.15) is 25.3 Å². The topological polar surface area (TPSA) is 47.9 Å². The lowest BCUT2D eigenvalue weighted by Crippen LogP contribution is -2.00. The van der Waals surface area contributed by atoms with Crippen LogP contribution in [0.2, 0.25) is 10.3 Å². The van der Waals surface area contributed by atoms with Gasteiger partial charge in [-0.25, -0.2) is 15.0 Å². The maximum Gasteiger partial charge on any atom is 0.213 e. The van der Waals surface area contributed by atoms with Crippen molar-refractivity contribution in [3.05, 3.63) is 34.1 Å². The molecule has 19 heavy (non-hydrogen) atoms. The Morgan fingerprint density at radius 3 is 2.21 bits per heavy atom. The molecule has 4 nitrogen and oxygen atoms in total. The second-order valence-corrected chi connectivity index (χ2v) is 4.98. The van der Waals surface area contributed by atoms with Gasteiger partial charge in [-0.3, -0.25) is 0 Å². The van der Waals surface area contributed by atoms with Crippen LogP contribution in [0.3, 0.4) is 0 Å². The second kappa shape index (κ2) is 5.72. The van der Waals surface area contributed by atoms with Crippen LogP contribution in [0.4, 0.5) is 0 Å². The quantitative estimate of drug-likeness (QED) is 0.804. The van der Waals surface area contributed by atoms with E-state index >= 15 is 0 Å². The zero-order valence-corrected chi connectivity index (χ0v) is 12.3. The monoisotopic (exact) mass is 297 g/mol. The second-order valence-electron chi connectivity index (χ2n) is 4.26. The first-order valence-corrected chi connectivity index (χ1v) is 6.53. The summed E-state index contributed by atoms with van der Waals surface area (Å²) in [6.45, 7) is 3.97. The molecule has 0 atom stereocenters. The third kappa shape index (κ3) is 2.96. The number of ether oxygens (including phenoxy) is 1. The third-order valence-corrected chi connectivity index (χ3v) is 3.17. The number of hydrogen-bond acceptors (Lipinski definition) is 4. The summed E-state index contributed by atoms with van der Waals surface area (Å²) in [5, 5.41) is 0.712. The Kier molecular flexibility index (Phi) is 4.22. The Morgan fingerprint density at radius 1 is 1.05 bits per heavy atom. The van der Waals surface area contributed by atoms with Gasteiger partial charge in [0.25, 0.3) is 0 Å². The summed E-state index contributed by atoms with van der Waals surface area (Å²) in [6, 6.07) is 5.33. The molecule has 0 fully saturated rings. The van der Waals surface area contributed by atoms with E-state index in [1.54, 1.807) is 19.2 Å². The zero-order chi connectivity index (χ0) is 14.0. The molecule has 0 bridgehead atoms. The Morgan fingerprint density at radius 2 is 1.68 bits per heavy atom. The molecule has 0 radical (unpaired) electrons.